The summed E-state index contributed by atoms with van der Waals surface area (Å²) in [5.74, 6) is -0.826. The zero-order valence-corrected chi connectivity index (χ0v) is 23.3. The lowest BCUT2D eigenvalue weighted by molar-refractivity contribution is 0.0562. The summed E-state index contributed by atoms with van der Waals surface area (Å²) in [6, 6.07) is 9.72. The number of anilines is 1. The van der Waals surface area contributed by atoms with Crippen molar-refractivity contribution in [3.63, 3.8) is 0 Å². The van der Waals surface area contributed by atoms with Gasteiger partial charge in [-0.2, -0.15) is 25.0 Å². The third kappa shape index (κ3) is 4.21. The maximum Gasteiger partial charge on any atom is 0.276 e. The standard InChI is InChI=1S/C28H26FN9O3S/c1-42(40,41)25-24(16-10-17-7-8-18(11-16)37(17)28(39)23-14-32-36-35-23)34-27-20(13-33-38(27)26(25)30)15-6-9-22(31-12-15)19-4-2-3-5-21(19)29/h2-6,9,12-14,16-18H,7-8,10-11,30H2,1H3,(H,32,35,36)/t16-,17-,18+. The fourth-order valence-electron chi connectivity index (χ4n) is 6.43. The Labute approximate surface area is 239 Å². The van der Waals surface area contributed by atoms with Crippen LogP contribution in [0.1, 0.15) is 47.8 Å². The van der Waals surface area contributed by atoms with Gasteiger partial charge in [-0.25, -0.2) is 17.8 Å². The van der Waals surface area contributed by atoms with Crippen LogP contribution < -0.4 is 5.73 Å². The maximum absolute atomic E-state index is 14.3. The van der Waals surface area contributed by atoms with Gasteiger partial charge in [-0.1, -0.05) is 18.2 Å². The van der Waals surface area contributed by atoms with Gasteiger partial charge in [-0.3, -0.25) is 9.78 Å². The van der Waals surface area contributed by atoms with Crippen molar-refractivity contribution in [2.75, 3.05) is 12.0 Å². The predicted octanol–water partition coefficient (Wildman–Crippen LogP) is 3.25. The molecule has 2 fully saturated rings. The van der Waals surface area contributed by atoms with Crippen LogP contribution in [0.3, 0.4) is 0 Å². The zero-order valence-electron chi connectivity index (χ0n) is 22.5. The second kappa shape index (κ2) is 9.69. The molecule has 4 aromatic heterocycles. The SMILES string of the molecule is CS(=O)(=O)c1c([C@@H]2C[C@H]3CC[C@@H](C2)N3C(=O)c2cn[nH]n2)nc2c(-c3ccc(-c4ccccc4F)nc3)cnn2c1N. The average Bonchev–Trinajstić information content (AvgIpc) is 3.71. The highest BCUT2D eigenvalue weighted by Gasteiger charge is 2.46. The lowest BCUT2D eigenvalue weighted by Gasteiger charge is -2.38. The molecule has 7 rings (SSSR count). The van der Waals surface area contributed by atoms with E-state index in [1.807, 2.05) is 4.90 Å². The molecule has 1 amide bonds. The molecule has 12 nitrogen and oxygen atoms in total. The minimum atomic E-state index is -3.78. The van der Waals surface area contributed by atoms with Crippen molar-refractivity contribution in [2.24, 2.45) is 0 Å². The van der Waals surface area contributed by atoms with Crippen LogP contribution in [0.5, 0.6) is 0 Å². The monoisotopic (exact) mass is 587 g/mol. The maximum atomic E-state index is 14.3. The van der Waals surface area contributed by atoms with E-state index in [4.69, 9.17) is 10.7 Å². The van der Waals surface area contributed by atoms with Crippen LogP contribution in [0.25, 0.3) is 28.0 Å². The minimum Gasteiger partial charge on any atom is -0.382 e. The number of nitrogens with zero attached hydrogens (tertiary/aromatic N) is 7. The van der Waals surface area contributed by atoms with Gasteiger partial charge in [0.1, 0.15) is 16.5 Å². The molecule has 214 valence electrons. The number of nitrogen functional groups attached to an aromatic ring is 1. The number of benzene rings is 1. The molecule has 6 heterocycles. The lowest BCUT2D eigenvalue weighted by Crippen LogP contribution is -2.46. The summed E-state index contributed by atoms with van der Waals surface area (Å²) in [5, 5.41) is 14.6. The van der Waals surface area contributed by atoms with E-state index in [0.29, 0.717) is 46.6 Å². The van der Waals surface area contributed by atoms with Crippen LogP contribution in [0.4, 0.5) is 10.2 Å². The van der Waals surface area contributed by atoms with Gasteiger partial charge in [0.15, 0.2) is 21.2 Å². The number of aromatic nitrogens is 7. The Balaban J connectivity index is 1.28. The van der Waals surface area contributed by atoms with Crippen LogP contribution in [0.15, 0.2) is 59.9 Å². The second-order valence-corrected chi connectivity index (χ2v) is 12.8. The first-order valence-electron chi connectivity index (χ1n) is 13.5. The van der Waals surface area contributed by atoms with E-state index >= 15 is 0 Å². The lowest BCUT2D eigenvalue weighted by atomic mass is 9.87. The number of H-pyrrole nitrogens is 1. The van der Waals surface area contributed by atoms with Crippen LogP contribution in [-0.4, -0.2) is 72.6 Å². The van der Waals surface area contributed by atoms with Crippen LogP contribution in [0.2, 0.25) is 0 Å². The van der Waals surface area contributed by atoms with E-state index < -0.39 is 9.84 Å². The minimum absolute atomic E-state index is 0.0202. The molecule has 0 spiro atoms. The molecule has 42 heavy (non-hydrogen) atoms. The number of carbonyl (C=O) groups excluding carboxylic acids is 1. The van der Waals surface area contributed by atoms with E-state index in [9.17, 15) is 17.6 Å². The summed E-state index contributed by atoms with van der Waals surface area (Å²) >= 11 is 0. The zero-order chi connectivity index (χ0) is 29.2. The molecule has 2 aliphatic rings. The van der Waals surface area contributed by atoms with E-state index in [0.717, 1.165) is 19.1 Å². The van der Waals surface area contributed by atoms with Crippen molar-refractivity contribution < 1.29 is 17.6 Å². The molecule has 0 radical (unpaired) electrons. The first kappa shape index (κ1) is 26.2. The molecular weight excluding hydrogens is 561 g/mol. The van der Waals surface area contributed by atoms with Gasteiger partial charge < -0.3 is 10.6 Å². The topological polar surface area (TPSA) is 165 Å². The number of fused-ring (bicyclic) bond motifs is 3. The van der Waals surface area contributed by atoms with Crippen molar-refractivity contribution in [3.05, 3.63) is 72.2 Å². The van der Waals surface area contributed by atoms with E-state index in [1.165, 1.54) is 16.8 Å². The number of hydrogen-bond donors (Lipinski definition) is 2. The van der Waals surface area contributed by atoms with Gasteiger partial charge in [0.05, 0.1) is 23.8 Å². The number of halogens is 1. The largest absolute Gasteiger partial charge is 0.382 e. The van der Waals surface area contributed by atoms with Gasteiger partial charge in [0.25, 0.3) is 5.91 Å². The second-order valence-electron chi connectivity index (χ2n) is 10.8. The predicted molar refractivity (Wildman–Crippen MR) is 150 cm³/mol. The summed E-state index contributed by atoms with van der Waals surface area (Å²) in [6.07, 6.45) is 8.37. The normalized spacial score (nSPS) is 20.3. The number of amides is 1. The highest BCUT2D eigenvalue weighted by Crippen LogP contribution is 2.45. The Bertz CT molecular complexity index is 1930. The third-order valence-corrected chi connectivity index (χ3v) is 9.41. The summed E-state index contributed by atoms with van der Waals surface area (Å²) < 4.78 is 41.8. The molecule has 14 heteroatoms. The Hall–Kier alpha value is -4.72. The first-order valence-corrected chi connectivity index (χ1v) is 15.4. The Morgan fingerprint density at radius 2 is 1.81 bits per heavy atom. The fourth-order valence-corrected chi connectivity index (χ4v) is 7.49. The number of carbonyl (C=O) groups is 1. The molecule has 0 aliphatic carbocycles. The molecule has 5 aromatic rings. The van der Waals surface area contributed by atoms with Gasteiger partial charge >= 0.3 is 0 Å². The number of nitrogens with one attached hydrogen (secondary N) is 1. The van der Waals surface area contributed by atoms with Gasteiger partial charge in [-0.15, -0.1) is 0 Å². The molecule has 3 atom stereocenters. The van der Waals surface area contributed by atoms with E-state index in [2.05, 4.69) is 25.5 Å². The highest BCUT2D eigenvalue weighted by atomic mass is 32.2. The van der Waals surface area contributed by atoms with Crippen molar-refractivity contribution in [1.82, 2.24) is 39.9 Å². The number of rotatable bonds is 5. The smallest absolute Gasteiger partial charge is 0.276 e. The van der Waals surface area contributed by atoms with Crippen molar-refractivity contribution >= 4 is 27.2 Å². The summed E-state index contributed by atoms with van der Waals surface area (Å²) in [7, 11) is -3.78. The molecule has 1 aromatic carbocycles. The van der Waals surface area contributed by atoms with Gasteiger partial charge in [0.2, 0.25) is 0 Å². The van der Waals surface area contributed by atoms with Crippen LogP contribution >= 0.6 is 0 Å². The number of piperidine rings is 1. The fraction of sp³-hybridized carbons (Fsp3) is 0.286. The van der Waals surface area contributed by atoms with Crippen molar-refractivity contribution in [3.8, 4) is 22.4 Å². The quantitative estimate of drug-likeness (QED) is 0.314. The highest BCUT2D eigenvalue weighted by molar-refractivity contribution is 7.91. The number of aromatic amines is 1. The molecule has 0 saturated carbocycles. The van der Waals surface area contributed by atoms with E-state index in [-0.39, 0.29) is 46.1 Å². The summed E-state index contributed by atoms with van der Waals surface area (Å²) in [5.41, 5.74) is 9.65. The number of nitrogens with two attached hydrogens (primary N) is 1. The van der Waals surface area contributed by atoms with Crippen molar-refractivity contribution in [2.45, 2.75) is 48.6 Å². The van der Waals surface area contributed by atoms with Crippen LogP contribution in [-0.2, 0) is 9.84 Å². The Kier molecular flexibility index (Phi) is 6.04. The number of pyridine rings is 1. The molecule has 3 N–H and O–H groups in total. The van der Waals surface area contributed by atoms with E-state index in [1.54, 1.807) is 42.7 Å². The Morgan fingerprint density at radius 3 is 2.45 bits per heavy atom. The Morgan fingerprint density at radius 1 is 1.05 bits per heavy atom. The molecular formula is C28H26FN9O3S. The molecule has 0 unspecified atom stereocenters. The van der Waals surface area contributed by atoms with Crippen molar-refractivity contribution in [1.29, 1.82) is 0 Å². The first-order chi connectivity index (χ1) is 20.2. The summed E-state index contributed by atoms with van der Waals surface area (Å²) in [6.45, 7) is 0. The third-order valence-electron chi connectivity index (χ3n) is 8.25. The molecule has 2 aliphatic heterocycles. The average molecular weight is 588 g/mol. The molecule has 2 saturated heterocycles. The van der Waals surface area contributed by atoms with Crippen LogP contribution in [0, 0.1) is 5.82 Å². The van der Waals surface area contributed by atoms with Gasteiger partial charge in [-0.05, 0) is 43.9 Å². The van der Waals surface area contributed by atoms with Gasteiger partial charge in [0, 0.05) is 47.1 Å². The summed E-state index contributed by atoms with van der Waals surface area (Å²) in [4.78, 5) is 24.3. The molecule has 2 bridgehead atoms. The number of sulfone groups is 1. The number of hydrogen-bond acceptors (Lipinski definition) is 9.